The maximum atomic E-state index is 11.6. The Morgan fingerprint density at radius 3 is 2.58 bits per heavy atom. The number of aryl methyl sites for hydroxylation is 1. The van der Waals surface area contributed by atoms with E-state index in [0.717, 1.165) is 56.2 Å². The van der Waals surface area contributed by atoms with Crippen molar-refractivity contribution in [1.29, 1.82) is 0 Å². The van der Waals surface area contributed by atoms with Gasteiger partial charge in [-0.2, -0.15) is 0 Å². The van der Waals surface area contributed by atoms with Gasteiger partial charge in [-0.25, -0.2) is 9.97 Å². The minimum Gasteiger partial charge on any atom is -0.353 e. The minimum atomic E-state index is 0.147. The Morgan fingerprint density at radius 1 is 1.08 bits per heavy atom. The predicted molar refractivity (Wildman–Crippen MR) is 104 cm³/mol. The fourth-order valence-corrected chi connectivity index (χ4v) is 4.02. The van der Waals surface area contributed by atoms with Gasteiger partial charge >= 0.3 is 0 Å². The molecule has 0 bridgehead atoms. The summed E-state index contributed by atoms with van der Waals surface area (Å²) in [5, 5.41) is 0.695. The fourth-order valence-electron chi connectivity index (χ4n) is 3.83. The molecule has 0 saturated carbocycles. The summed E-state index contributed by atoms with van der Waals surface area (Å²) in [5.41, 5.74) is 3.41. The van der Waals surface area contributed by atoms with Crippen molar-refractivity contribution < 1.29 is 4.79 Å². The number of amides is 1. The van der Waals surface area contributed by atoms with Crippen LogP contribution in [-0.2, 0) is 17.6 Å². The monoisotopic (exact) mass is 370 g/mol. The van der Waals surface area contributed by atoms with Crippen LogP contribution in [0.4, 0.5) is 5.82 Å². The van der Waals surface area contributed by atoms with Crippen LogP contribution >= 0.6 is 11.6 Å². The van der Waals surface area contributed by atoms with Gasteiger partial charge in [0.25, 0.3) is 0 Å². The molecule has 1 aliphatic carbocycles. The van der Waals surface area contributed by atoms with Crippen molar-refractivity contribution in [2.24, 2.45) is 0 Å². The third-order valence-electron chi connectivity index (χ3n) is 5.27. The number of benzene rings is 1. The Hall–Kier alpha value is -2.14. The van der Waals surface area contributed by atoms with Gasteiger partial charge in [0.2, 0.25) is 5.91 Å². The lowest BCUT2D eigenvalue weighted by Crippen LogP contribution is -2.48. The zero-order chi connectivity index (χ0) is 18.1. The lowest BCUT2D eigenvalue weighted by atomic mass is 9.95. The Kier molecular flexibility index (Phi) is 4.81. The molecule has 4 rings (SSSR count). The minimum absolute atomic E-state index is 0.147. The first-order valence-electron chi connectivity index (χ1n) is 9.28. The highest BCUT2D eigenvalue weighted by Crippen LogP contribution is 2.31. The van der Waals surface area contributed by atoms with Gasteiger partial charge in [0.05, 0.1) is 0 Å². The number of anilines is 1. The summed E-state index contributed by atoms with van der Waals surface area (Å²) in [7, 11) is 0. The second-order valence-corrected chi connectivity index (χ2v) is 7.44. The van der Waals surface area contributed by atoms with E-state index in [1.807, 2.05) is 29.2 Å². The number of aromatic nitrogens is 2. The molecule has 1 aliphatic heterocycles. The second kappa shape index (κ2) is 7.23. The Balaban J connectivity index is 1.71. The molecule has 0 atom stereocenters. The van der Waals surface area contributed by atoms with Gasteiger partial charge in [-0.05, 0) is 37.8 Å². The standard InChI is InChI=1S/C20H23ClN4O/c1-14(26)24-9-11-25(12-10-24)20-17-7-2-3-8-18(17)22-19(23-20)15-5-4-6-16(21)13-15/h4-6,13H,2-3,7-12H2,1H3. The van der Waals surface area contributed by atoms with E-state index < -0.39 is 0 Å². The van der Waals surface area contributed by atoms with Crippen molar-refractivity contribution in [3.8, 4) is 11.4 Å². The first-order chi connectivity index (χ1) is 12.6. The summed E-state index contributed by atoms with van der Waals surface area (Å²) in [6.45, 7) is 4.77. The first-order valence-corrected chi connectivity index (χ1v) is 9.66. The normalized spacial score (nSPS) is 17.2. The number of carbonyl (C=O) groups excluding carboxylic acids is 1. The highest BCUT2D eigenvalue weighted by atomic mass is 35.5. The number of piperazine rings is 1. The molecule has 5 nitrogen and oxygen atoms in total. The maximum absolute atomic E-state index is 11.6. The van der Waals surface area contributed by atoms with Crippen molar-refractivity contribution >= 4 is 23.3 Å². The summed E-state index contributed by atoms with van der Waals surface area (Å²) in [5.74, 6) is 1.94. The Bertz CT molecular complexity index is 831. The smallest absolute Gasteiger partial charge is 0.219 e. The molecule has 1 aromatic carbocycles. The molecule has 0 N–H and O–H groups in total. The van der Waals surface area contributed by atoms with E-state index in [9.17, 15) is 4.79 Å². The van der Waals surface area contributed by atoms with E-state index in [2.05, 4.69) is 4.90 Å². The van der Waals surface area contributed by atoms with E-state index >= 15 is 0 Å². The van der Waals surface area contributed by atoms with E-state index in [1.54, 1.807) is 6.92 Å². The molecule has 1 amide bonds. The molecule has 136 valence electrons. The van der Waals surface area contributed by atoms with Crippen LogP contribution in [0.1, 0.15) is 31.0 Å². The van der Waals surface area contributed by atoms with Gasteiger partial charge in [-0.1, -0.05) is 23.7 Å². The molecule has 0 spiro atoms. The summed E-state index contributed by atoms with van der Waals surface area (Å²) in [6.07, 6.45) is 4.41. The third kappa shape index (κ3) is 3.40. The molecular weight excluding hydrogens is 348 g/mol. The number of halogens is 1. The average molecular weight is 371 g/mol. The van der Waals surface area contributed by atoms with Crippen LogP contribution in [0.5, 0.6) is 0 Å². The second-order valence-electron chi connectivity index (χ2n) is 7.01. The van der Waals surface area contributed by atoms with Crippen LogP contribution in [0.2, 0.25) is 5.02 Å². The molecule has 26 heavy (non-hydrogen) atoms. The number of rotatable bonds is 2. The lowest BCUT2D eigenvalue weighted by Gasteiger charge is -2.36. The van der Waals surface area contributed by atoms with Crippen molar-refractivity contribution in [1.82, 2.24) is 14.9 Å². The van der Waals surface area contributed by atoms with Crippen LogP contribution in [0.3, 0.4) is 0 Å². The highest BCUT2D eigenvalue weighted by Gasteiger charge is 2.25. The van der Waals surface area contributed by atoms with Crippen LogP contribution < -0.4 is 4.90 Å². The van der Waals surface area contributed by atoms with Gasteiger partial charge in [0.15, 0.2) is 5.82 Å². The van der Waals surface area contributed by atoms with Gasteiger partial charge in [-0.15, -0.1) is 0 Å². The molecular formula is C20H23ClN4O. The summed E-state index contributed by atoms with van der Waals surface area (Å²) < 4.78 is 0. The number of carbonyl (C=O) groups is 1. The van der Waals surface area contributed by atoms with Gasteiger partial charge in [0.1, 0.15) is 5.82 Å². The van der Waals surface area contributed by atoms with E-state index in [4.69, 9.17) is 21.6 Å². The zero-order valence-corrected chi connectivity index (χ0v) is 15.8. The van der Waals surface area contributed by atoms with Gasteiger partial charge in [-0.3, -0.25) is 4.79 Å². The van der Waals surface area contributed by atoms with Crippen LogP contribution in [0.25, 0.3) is 11.4 Å². The van der Waals surface area contributed by atoms with Crippen molar-refractivity contribution in [3.05, 3.63) is 40.5 Å². The molecule has 2 heterocycles. The Morgan fingerprint density at radius 2 is 1.85 bits per heavy atom. The zero-order valence-electron chi connectivity index (χ0n) is 15.0. The number of fused-ring (bicyclic) bond motifs is 1. The highest BCUT2D eigenvalue weighted by molar-refractivity contribution is 6.30. The maximum Gasteiger partial charge on any atom is 0.219 e. The number of hydrogen-bond acceptors (Lipinski definition) is 4. The molecule has 6 heteroatoms. The van der Waals surface area contributed by atoms with Crippen molar-refractivity contribution in [2.45, 2.75) is 32.6 Å². The van der Waals surface area contributed by atoms with E-state index in [1.165, 1.54) is 24.1 Å². The van der Waals surface area contributed by atoms with Crippen molar-refractivity contribution in [3.63, 3.8) is 0 Å². The van der Waals surface area contributed by atoms with Crippen LogP contribution in [0.15, 0.2) is 24.3 Å². The summed E-state index contributed by atoms with van der Waals surface area (Å²) in [4.78, 5) is 25.6. The van der Waals surface area contributed by atoms with E-state index in [-0.39, 0.29) is 5.91 Å². The largest absolute Gasteiger partial charge is 0.353 e. The quantitative estimate of drug-likeness (QED) is 0.813. The molecule has 2 aromatic rings. The topological polar surface area (TPSA) is 49.3 Å². The molecule has 0 radical (unpaired) electrons. The molecule has 2 aliphatic rings. The van der Waals surface area contributed by atoms with E-state index in [0.29, 0.717) is 5.02 Å². The number of hydrogen-bond donors (Lipinski definition) is 0. The first kappa shape index (κ1) is 17.3. The van der Waals surface area contributed by atoms with Crippen molar-refractivity contribution in [2.75, 3.05) is 31.1 Å². The molecule has 1 aromatic heterocycles. The SMILES string of the molecule is CC(=O)N1CCN(c2nc(-c3cccc(Cl)c3)nc3c2CCCC3)CC1. The lowest BCUT2D eigenvalue weighted by molar-refractivity contribution is -0.129. The number of nitrogens with zero attached hydrogens (tertiary/aromatic N) is 4. The summed E-state index contributed by atoms with van der Waals surface area (Å²) >= 11 is 6.17. The van der Waals surface area contributed by atoms with Crippen LogP contribution in [0, 0.1) is 0 Å². The molecule has 1 saturated heterocycles. The fraction of sp³-hybridized carbons (Fsp3) is 0.450. The molecule has 1 fully saturated rings. The third-order valence-corrected chi connectivity index (χ3v) is 5.50. The predicted octanol–water partition coefficient (Wildman–Crippen LogP) is 3.34. The average Bonchev–Trinajstić information content (AvgIpc) is 2.67. The van der Waals surface area contributed by atoms with Gasteiger partial charge < -0.3 is 9.80 Å². The Labute approximate surface area is 159 Å². The summed E-state index contributed by atoms with van der Waals surface area (Å²) in [6, 6.07) is 7.73. The van der Waals surface area contributed by atoms with Crippen LogP contribution in [-0.4, -0.2) is 47.0 Å². The molecule has 0 unspecified atom stereocenters. The van der Waals surface area contributed by atoms with Gasteiger partial charge in [0, 0.05) is 54.9 Å².